The number of rotatable bonds is 11. The molecular weight excluding hydrogens is 382 g/mol. The van der Waals surface area contributed by atoms with Crippen LogP contribution in [-0.2, 0) is 26.6 Å². The molecule has 4 nitrogen and oxygen atoms in total. The van der Waals surface area contributed by atoms with E-state index in [1.54, 1.807) is 11.8 Å². The third-order valence-corrected chi connectivity index (χ3v) is 6.54. The molecule has 154 valence electrons. The van der Waals surface area contributed by atoms with Crippen LogP contribution in [0.15, 0.2) is 60.7 Å². The Morgan fingerprint density at radius 3 is 2.21 bits per heavy atom. The van der Waals surface area contributed by atoms with Gasteiger partial charge < -0.3 is 4.84 Å². The summed E-state index contributed by atoms with van der Waals surface area (Å²) in [5, 5.41) is 1.19. The number of unbranched alkanes of at least 4 members (excludes halogenated alkanes) is 3. The number of aryl methyl sites for hydroxylation is 1. The number of amides is 1. The van der Waals surface area contributed by atoms with Crippen LogP contribution in [0, 0.1) is 5.92 Å². The van der Waals surface area contributed by atoms with E-state index in [1.165, 1.54) is 36.0 Å². The van der Waals surface area contributed by atoms with Crippen molar-refractivity contribution in [2.75, 3.05) is 0 Å². The van der Waals surface area contributed by atoms with Crippen molar-refractivity contribution in [3.8, 4) is 0 Å². The van der Waals surface area contributed by atoms with Gasteiger partial charge in [-0.15, -0.1) is 11.8 Å². The normalized spacial score (nSPS) is 18.4. The maximum Gasteiger partial charge on any atom is 0.329 e. The second-order valence-corrected chi connectivity index (χ2v) is 8.58. The van der Waals surface area contributed by atoms with Crippen molar-refractivity contribution >= 4 is 23.6 Å². The standard InChI is InChI=1S/C24H29NO3S/c1-19(26)28-25-23(27)22(24(25)29-18-21-15-9-5-10-16-21)17-11-3-2-6-12-20-13-7-4-8-14-20/h4-5,7-10,13-16,22,24H,2-3,6,11-12,17-18H2,1H3. The first-order chi connectivity index (χ1) is 14.1. The van der Waals surface area contributed by atoms with E-state index in [9.17, 15) is 9.59 Å². The molecule has 1 heterocycles. The summed E-state index contributed by atoms with van der Waals surface area (Å²) in [5.41, 5.74) is 2.59. The molecule has 0 radical (unpaired) electrons. The lowest BCUT2D eigenvalue weighted by molar-refractivity contribution is -0.225. The van der Waals surface area contributed by atoms with Gasteiger partial charge in [-0.25, -0.2) is 0 Å². The minimum absolute atomic E-state index is 0.0582. The molecule has 2 unspecified atom stereocenters. The second-order valence-electron chi connectivity index (χ2n) is 7.48. The quantitative estimate of drug-likeness (QED) is 0.368. The van der Waals surface area contributed by atoms with Crippen molar-refractivity contribution < 1.29 is 14.4 Å². The Morgan fingerprint density at radius 1 is 0.931 bits per heavy atom. The van der Waals surface area contributed by atoms with Gasteiger partial charge >= 0.3 is 5.97 Å². The van der Waals surface area contributed by atoms with Gasteiger partial charge in [0, 0.05) is 12.7 Å². The van der Waals surface area contributed by atoms with Crippen LogP contribution in [-0.4, -0.2) is 22.3 Å². The smallest absolute Gasteiger partial charge is 0.329 e. The summed E-state index contributed by atoms with van der Waals surface area (Å²) in [6.45, 7) is 1.34. The number of carbonyl (C=O) groups excluding carboxylic acids is 2. The van der Waals surface area contributed by atoms with E-state index in [2.05, 4.69) is 36.4 Å². The molecule has 2 atom stereocenters. The number of carbonyl (C=O) groups is 2. The maximum absolute atomic E-state index is 12.5. The number of hydrogen-bond donors (Lipinski definition) is 0. The maximum atomic E-state index is 12.5. The van der Waals surface area contributed by atoms with Crippen LogP contribution in [0.1, 0.15) is 50.2 Å². The van der Waals surface area contributed by atoms with E-state index in [1.807, 2.05) is 24.3 Å². The predicted octanol–water partition coefficient (Wildman–Crippen LogP) is 5.38. The van der Waals surface area contributed by atoms with Gasteiger partial charge in [0.1, 0.15) is 5.37 Å². The molecule has 1 amide bonds. The first-order valence-electron chi connectivity index (χ1n) is 10.4. The molecule has 1 fully saturated rings. The van der Waals surface area contributed by atoms with Crippen molar-refractivity contribution in [2.24, 2.45) is 5.92 Å². The molecule has 29 heavy (non-hydrogen) atoms. The van der Waals surface area contributed by atoms with Crippen LogP contribution in [0.4, 0.5) is 0 Å². The minimum atomic E-state index is -0.442. The van der Waals surface area contributed by atoms with Crippen molar-refractivity contribution in [1.82, 2.24) is 5.06 Å². The average molecular weight is 412 g/mol. The van der Waals surface area contributed by atoms with Crippen LogP contribution < -0.4 is 0 Å². The lowest BCUT2D eigenvalue weighted by Crippen LogP contribution is -2.59. The van der Waals surface area contributed by atoms with Gasteiger partial charge in [0.15, 0.2) is 0 Å². The Morgan fingerprint density at radius 2 is 1.55 bits per heavy atom. The van der Waals surface area contributed by atoms with E-state index >= 15 is 0 Å². The Bertz CT molecular complexity index is 781. The Labute approximate surface area is 177 Å². The predicted molar refractivity (Wildman–Crippen MR) is 117 cm³/mol. The fourth-order valence-corrected chi connectivity index (χ4v) is 4.95. The highest BCUT2D eigenvalue weighted by Crippen LogP contribution is 2.40. The number of hydrogen-bond acceptors (Lipinski definition) is 4. The molecular formula is C24H29NO3S. The van der Waals surface area contributed by atoms with E-state index < -0.39 is 5.97 Å². The average Bonchev–Trinajstić information content (AvgIpc) is 2.74. The lowest BCUT2D eigenvalue weighted by Gasteiger charge is -2.44. The van der Waals surface area contributed by atoms with E-state index in [0.717, 1.165) is 31.4 Å². The molecule has 1 aliphatic heterocycles. The number of benzene rings is 2. The molecule has 1 saturated heterocycles. The number of hydroxylamine groups is 2. The SMILES string of the molecule is CC(=O)ON1C(=O)C(CCCCCCc2ccccc2)C1SCc1ccccc1. The third kappa shape index (κ3) is 6.36. The Kier molecular flexibility index (Phi) is 8.17. The summed E-state index contributed by atoms with van der Waals surface area (Å²) in [6.07, 6.45) is 6.47. The van der Waals surface area contributed by atoms with Gasteiger partial charge in [-0.05, 0) is 30.4 Å². The first kappa shape index (κ1) is 21.4. The molecule has 1 aliphatic rings. The van der Waals surface area contributed by atoms with Crippen LogP contribution in [0.2, 0.25) is 0 Å². The van der Waals surface area contributed by atoms with Crippen molar-refractivity contribution in [2.45, 2.75) is 56.6 Å². The summed E-state index contributed by atoms with van der Waals surface area (Å²) in [4.78, 5) is 28.9. The molecule has 0 aromatic heterocycles. The van der Waals surface area contributed by atoms with Gasteiger partial charge in [-0.1, -0.05) is 79.9 Å². The van der Waals surface area contributed by atoms with Gasteiger partial charge in [-0.2, -0.15) is 5.06 Å². The Balaban J connectivity index is 1.42. The minimum Gasteiger partial charge on any atom is -0.337 e. The monoisotopic (exact) mass is 411 g/mol. The van der Waals surface area contributed by atoms with Gasteiger partial charge in [0.2, 0.25) is 0 Å². The van der Waals surface area contributed by atoms with Gasteiger partial charge in [0.25, 0.3) is 5.91 Å². The third-order valence-electron chi connectivity index (χ3n) is 5.17. The molecule has 3 rings (SSSR count). The largest absolute Gasteiger partial charge is 0.337 e. The molecule has 0 aliphatic carbocycles. The van der Waals surface area contributed by atoms with E-state index in [0.29, 0.717) is 0 Å². The zero-order chi connectivity index (χ0) is 20.5. The zero-order valence-electron chi connectivity index (χ0n) is 17.0. The molecule has 0 saturated carbocycles. The number of thioether (sulfide) groups is 1. The fourth-order valence-electron chi connectivity index (χ4n) is 3.62. The van der Waals surface area contributed by atoms with Crippen LogP contribution in [0.25, 0.3) is 0 Å². The van der Waals surface area contributed by atoms with E-state index in [-0.39, 0.29) is 17.2 Å². The molecule has 5 heteroatoms. The summed E-state index contributed by atoms with van der Waals surface area (Å²) in [6, 6.07) is 20.7. The highest BCUT2D eigenvalue weighted by Gasteiger charge is 2.49. The molecule has 0 N–H and O–H groups in total. The van der Waals surface area contributed by atoms with Crippen LogP contribution in [0.3, 0.4) is 0 Å². The summed E-state index contributed by atoms with van der Waals surface area (Å²) < 4.78 is 0. The molecule has 2 aromatic carbocycles. The van der Waals surface area contributed by atoms with Crippen molar-refractivity contribution in [3.63, 3.8) is 0 Å². The topological polar surface area (TPSA) is 46.6 Å². The van der Waals surface area contributed by atoms with E-state index in [4.69, 9.17) is 4.84 Å². The first-order valence-corrected chi connectivity index (χ1v) is 11.4. The lowest BCUT2D eigenvalue weighted by atomic mass is 9.93. The number of β-lactam (4-membered cyclic amide) rings is 1. The second kappa shape index (κ2) is 11.1. The molecule has 0 spiro atoms. The summed E-state index contributed by atoms with van der Waals surface area (Å²) in [7, 11) is 0. The summed E-state index contributed by atoms with van der Waals surface area (Å²) in [5.74, 6) is 0.236. The van der Waals surface area contributed by atoms with Crippen LogP contribution >= 0.6 is 11.8 Å². The van der Waals surface area contributed by atoms with Crippen LogP contribution in [0.5, 0.6) is 0 Å². The van der Waals surface area contributed by atoms with Crippen molar-refractivity contribution in [1.29, 1.82) is 0 Å². The van der Waals surface area contributed by atoms with Gasteiger partial charge in [-0.3, -0.25) is 9.59 Å². The highest BCUT2D eigenvalue weighted by atomic mass is 32.2. The summed E-state index contributed by atoms with van der Waals surface area (Å²) >= 11 is 1.67. The van der Waals surface area contributed by atoms with Gasteiger partial charge in [0.05, 0.1) is 5.92 Å². The highest BCUT2D eigenvalue weighted by molar-refractivity contribution is 7.99. The molecule has 2 aromatic rings. The number of nitrogens with zero attached hydrogens (tertiary/aromatic N) is 1. The zero-order valence-corrected chi connectivity index (χ0v) is 17.8. The molecule has 0 bridgehead atoms. The fraction of sp³-hybridized carbons (Fsp3) is 0.417. The Hall–Kier alpha value is -2.27. The van der Waals surface area contributed by atoms with Crippen molar-refractivity contribution in [3.05, 3.63) is 71.8 Å².